The Morgan fingerprint density at radius 3 is 2.62 bits per heavy atom. The van der Waals surface area contributed by atoms with Gasteiger partial charge in [0.25, 0.3) is 0 Å². The zero-order chi connectivity index (χ0) is 22.1. The second kappa shape index (κ2) is 8.77. The van der Waals surface area contributed by atoms with E-state index in [1.165, 1.54) is 12.0 Å². The van der Waals surface area contributed by atoms with E-state index in [-0.39, 0.29) is 12.6 Å². The van der Waals surface area contributed by atoms with Crippen LogP contribution in [0.4, 0.5) is 10.5 Å². The van der Waals surface area contributed by atoms with Gasteiger partial charge in [0.1, 0.15) is 11.3 Å². The lowest BCUT2D eigenvalue weighted by Crippen LogP contribution is -2.52. The van der Waals surface area contributed by atoms with Gasteiger partial charge in [-0.1, -0.05) is 61.2 Å². The molecule has 0 saturated heterocycles. The number of hydrogen-bond donors (Lipinski definition) is 3. The summed E-state index contributed by atoms with van der Waals surface area (Å²) in [5.74, 6) is 0.816. The molecule has 7 heteroatoms. The van der Waals surface area contributed by atoms with Crippen LogP contribution in [0.25, 0.3) is 11.0 Å². The molecule has 1 aliphatic carbocycles. The first-order valence-electron chi connectivity index (χ1n) is 11.3. The second-order valence-electron chi connectivity index (χ2n) is 8.88. The van der Waals surface area contributed by atoms with Gasteiger partial charge < -0.3 is 20.2 Å². The number of nitrogens with one attached hydrogen (secondary N) is 2. The standard InChI is InChI=1S/C25H28ClN3O3/c26-20-14-18-13-19(16-29(11-12-30)15-17-7-3-1-4-8-17)32-23(18)21-22(20)27-24(31)28-25(21)9-5-2-6-10-25/h1,3-4,7-8,13-14,30H,2,5-6,9-12,15-16H2,(H2,27,28,31). The normalized spacial score (nSPS) is 17.4. The van der Waals surface area contributed by atoms with E-state index >= 15 is 0 Å². The van der Waals surface area contributed by atoms with Gasteiger partial charge in [0.2, 0.25) is 0 Å². The highest BCUT2D eigenvalue weighted by Crippen LogP contribution is 2.49. The zero-order valence-corrected chi connectivity index (χ0v) is 18.8. The molecule has 3 N–H and O–H groups in total. The number of urea groups is 1. The predicted molar refractivity (Wildman–Crippen MR) is 126 cm³/mol. The van der Waals surface area contributed by atoms with Gasteiger partial charge in [0.15, 0.2) is 0 Å². The zero-order valence-electron chi connectivity index (χ0n) is 18.0. The number of rotatable bonds is 6. The lowest BCUT2D eigenvalue weighted by atomic mass is 9.74. The quantitative estimate of drug-likeness (QED) is 0.468. The van der Waals surface area contributed by atoms with E-state index in [0.717, 1.165) is 54.5 Å². The average molecular weight is 454 g/mol. The number of carbonyl (C=O) groups excluding carboxylic acids is 1. The van der Waals surface area contributed by atoms with Crippen molar-refractivity contribution in [2.45, 2.75) is 50.7 Å². The van der Waals surface area contributed by atoms with Gasteiger partial charge in [0, 0.05) is 24.0 Å². The molecule has 2 heterocycles. The van der Waals surface area contributed by atoms with Crippen LogP contribution in [0, 0.1) is 0 Å². The van der Waals surface area contributed by atoms with Crippen molar-refractivity contribution in [3.63, 3.8) is 0 Å². The minimum absolute atomic E-state index is 0.0767. The fraction of sp³-hybridized carbons (Fsp3) is 0.400. The molecule has 2 aliphatic rings. The van der Waals surface area contributed by atoms with Gasteiger partial charge in [-0.05, 0) is 30.5 Å². The Labute approximate surface area is 192 Å². The maximum Gasteiger partial charge on any atom is 0.319 e. The molecular formula is C25H28ClN3O3. The van der Waals surface area contributed by atoms with E-state index in [2.05, 4.69) is 27.7 Å². The van der Waals surface area contributed by atoms with Gasteiger partial charge in [0.05, 0.1) is 29.4 Å². The molecule has 2 aromatic carbocycles. The minimum atomic E-state index is -0.441. The van der Waals surface area contributed by atoms with E-state index in [1.54, 1.807) is 0 Å². The lowest BCUT2D eigenvalue weighted by Gasteiger charge is -2.42. The second-order valence-corrected chi connectivity index (χ2v) is 9.29. The molecule has 3 aromatic rings. The van der Waals surface area contributed by atoms with Crippen LogP contribution in [0.5, 0.6) is 0 Å². The fourth-order valence-electron chi connectivity index (χ4n) is 5.23. The number of carbonyl (C=O) groups is 1. The summed E-state index contributed by atoms with van der Waals surface area (Å²) in [6.07, 6.45) is 5.04. The van der Waals surface area contributed by atoms with Crippen LogP contribution in [0.15, 0.2) is 46.9 Å². The van der Waals surface area contributed by atoms with Crippen molar-refractivity contribution in [3.8, 4) is 0 Å². The Bertz CT molecular complexity index is 1120. The molecule has 6 nitrogen and oxygen atoms in total. The topological polar surface area (TPSA) is 77.7 Å². The SMILES string of the molecule is O=C1Nc2c(Cl)cc3cc(CN(CCO)Cc4ccccc4)oc3c2C2(CCCCC2)N1. The van der Waals surface area contributed by atoms with Gasteiger partial charge >= 0.3 is 6.03 Å². The molecule has 0 bridgehead atoms. The molecule has 2 amide bonds. The number of aliphatic hydroxyl groups excluding tert-OH is 1. The van der Waals surface area contributed by atoms with Crippen LogP contribution in [0.3, 0.4) is 0 Å². The molecule has 1 aromatic heterocycles. The van der Waals surface area contributed by atoms with E-state index in [1.807, 2.05) is 30.3 Å². The van der Waals surface area contributed by atoms with Crippen LogP contribution in [0.1, 0.15) is 49.0 Å². The van der Waals surface area contributed by atoms with E-state index in [9.17, 15) is 9.90 Å². The predicted octanol–water partition coefficient (Wildman–Crippen LogP) is 5.38. The van der Waals surface area contributed by atoms with Crippen molar-refractivity contribution in [3.05, 3.63) is 64.4 Å². The maximum absolute atomic E-state index is 12.4. The molecular weight excluding hydrogens is 426 g/mol. The maximum atomic E-state index is 12.4. The van der Waals surface area contributed by atoms with Crippen molar-refractivity contribution in [1.29, 1.82) is 0 Å². The number of anilines is 1. The molecule has 0 unspecified atom stereocenters. The molecule has 0 atom stereocenters. The molecule has 1 fully saturated rings. The molecule has 32 heavy (non-hydrogen) atoms. The van der Waals surface area contributed by atoms with Crippen molar-refractivity contribution in [1.82, 2.24) is 10.2 Å². The third-order valence-electron chi connectivity index (χ3n) is 6.63. The van der Waals surface area contributed by atoms with Crippen molar-refractivity contribution in [2.75, 3.05) is 18.5 Å². The summed E-state index contributed by atoms with van der Waals surface area (Å²) in [5.41, 5.74) is 3.18. The number of fused-ring (bicyclic) bond motifs is 4. The van der Waals surface area contributed by atoms with Crippen LogP contribution in [-0.2, 0) is 18.6 Å². The van der Waals surface area contributed by atoms with Crippen LogP contribution in [-0.4, -0.2) is 29.2 Å². The van der Waals surface area contributed by atoms with E-state index in [0.29, 0.717) is 23.8 Å². The summed E-state index contributed by atoms with van der Waals surface area (Å²) in [7, 11) is 0. The first kappa shape index (κ1) is 21.3. The molecule has 168 valence electrons. The third-order valence-corrected chi connectivity index (χ3v) is 6.93. The first-order valence-corrected chi connectivity index (χ1v) is 11.7. The van der Waals surface area contributed by atoms with Gasteiger partial charge in [-0.2, -0.15) is 0 Å². The van der Waals surface area contributed by atoms with E-state index < -0.39 is 5.54 Å². The summed E-state index contributed by atoms with van der Waals surface area (Å²) in [6, 6.07) is 13.9. The molecule has 1 spiro atoms. The molecule has 0 radical (unpaired) electrons. The number of aliphatic hydroxyl groups is 1. The van der Waals surface area contributed by atoms with Gasteiger partial charge in [-0.25, -0.2) is 4.79 Å². The summed E-state index contributed by atoms with van der Waals surface area (Å²) in [4.78, 5) is 14.6. The number of halogens is 1. The lowest BCUT2D eigenvalue weighted by molar-refractivity contribution is 0.175. The summed E-state index contributed by atoms with van der Waals surface area (Å²) >= 11 is 6.63. The Morgan fingerprint density at radius 2 is 1.88 bits per heavy atom. The minimum Gasteiger partial charge on any atom is -0.459 e. The van der Waals surface area contributed by atoms with E-state index in [4.69, 9.17) is 16.0 Å². The Kier molecular flexibility index (Phi) is 5.84. The average Bonchev–Trinajstić information content (AvgIpc) is 3.16. The van der Waals surface area contributed by atoms with Crippen molar-refractivity contribution >= 4 is 34.3 Å². The number of benzene rings is 2. The molecule has 1 aliphatic heterocycles. The Balaban J connectivity index is 1.53. The van der Waals surface area contributed by atoms with Crippen LogP contribution < -0.4 is 10.6 Å². The van der Waals surface area contributed by atoms with Crippen molar-refractivity contribution in [2.24, 2.45) is 0 Å². The summed E-state index contributed by atoms with van der Waals surface area (Å²) in [6.45, 7) is 1.92. The monoisotopic (exact) mass is 453 g/mol. The molecule has 5 rings (SSSR count). The fourth-order valence-corrected chi connectivity index (χ4v) is 5.49. The van der Waals surface area contributed by atoms with Gasteiger partial charge in [-0.15, -0.1) is 0 Å². The highest BCUT2D eigenvalue weighted by Gasteiger charge is 2.43. The highest BCUT2D eigenvalue weighted by atomic mass is 35.5. The van der Waals surface area contributed by atoms with Crippen LogP contribution >= 0.6 is 11.6 Å². The largest absolute Gasteiger partial charge is 0.459 e. The van der Waals surface area contributed by atoms with Gasteiger partial charge in [-0.3, -0.25) is 4.90 Å². The first-order chi connectivity index (χ1) is 15.6. The summed E-state index contributed by atoms with van der Waals surface area (Å²) < 4.78 is 6.43. The number of amides is 2. The number of nitrogens with zero attached hydrogens (tertiary/aromatic N) is 1. The Morgan fingerprint density at radius 1 is 1.09 bits per heavy atom. The highest BCUT2D eigenvalue weighted by molar-refractivity contribution is 6.35. The molecule has 1 saturated carbocycles. The van der Waals surface area contributed by atoms with Crippen molar-refractivity contribution < 1.29 is 14.3 Å². The summed E-state index contributed by atoms with van der Waals surface area (Å²) in [5, 5.41) is 17.2. The Hall–Kier alpha value is -2.54. The third kappa shape index (κ3) is 3.98. The van der Waals surface area contributed by atoms with Crippen LogP contribution in [0.2, 0.25) is 5.02 Å². The smallest absolute Gasteiger partial charge is 0.319 e. The number of furan rings is 1. The number of hydrogen-bond acceptors (Lipinski definition) is 4.